The van der Waals surface area contributed by atoms with Crippen molar-refractivity contribution in [1.82, 2.24) is 30.5 Å². The molecule has 0 saturated heterocycles. The van der Waals surface area contributed by atoms with Gasteiger partial charge in [0.05, 0.1) is 35.2 Å². The molecule has 1 aromatic carbocycles. The summed E-state index contributed by atoms with van der Waals surface area (Å²) in [5, 5.41) is 8.64. The summed E-state index contributed by atoms with van der Waals surface area (Å²) in [5.41, 5.74) is 5.40. The molecule has 36 heavy (non-hydrogen) atoms. The van der Waals surface area contributed by atoms with Crippen molar-refractivity contribution < 1.29 is 17.6 Å². The maximum atomic E-state index is 13.3. The minimum Gasteiger partial charge on any atom is -0.345 e. The van der Waals surface area contributed by atoms with Gasteiger partial charge in [0.2, 0.25) is 0 Å². The highest BCUT2D eigenvalue weighted by Crippen LogP contribution is 2.23. The third-order valence-corrected chi connectivity index (χ3v) is 7.05. The van der Waals surface area contributed by atoms with Crippen LogP contribution >= 0.6 is 0 Å². The third kappa shape index (κ3) is 5.31. The number of carbonyl (C=O) groups is 1. The molecule has 0 spiro atoms. The van der Waals surface area contributed by atoms with Gasteiger partial charge in [0.25, 0.3) is 5.91 Å². The van der Waals surface area contributed by atoms with Gasteiger partial charge in [-0.25, -0.2) is 22.9 Å². The minimum atomic E-state index is -3.45. The van der Waals surface area contributed by atoms with Crippen LogP contribution in [0.25, 0.3) is 16.6 Å². The van der Waals surface area contributed by atoms with Gasteiger partial charge in [-0.1, -0.05) is 6.92 Å². The molecule has 190 valence electrons. The molecule has 0 fully saturated rings. The first kappa shape index (κ1) is 25.5. The SMILES string of the molecule is CCC(NC(=O)c1cncc2c1cnn2-c1ccc(F)cc1)C1=C[C@H](S(C)(=O)=O)N(NC(C)C)C=C1. The van der Waals surface area contributed by atoms with Crippen LogP contribution in [0.3, 0.4) is 0 Å². The van der Waals surface area contributed by atoms with Gasteiger partial charge in [-0.05, 0) is 62.3 Å². The molecule has 0 radical (unpaired) electrons. The standard InChI is InChI=1S/C25H29FN6O3S/c1-5-22(17-10-11-31(30-16(2)3)24(12-17)36(4,34)35)29-25(33)21-13-27-15-23-20(21)14-28-32(23)19-8-6-18(26)7-9-19/h6-16,22,24,30H,5H2,1-4H3,(H,29,33)/t22?,24-/m0/s1. The zero-order valence-electron chi connectivity index (χ0n) is 20.5. The Morgan fingerprint density at radius 3 is 2.53 bits per heavy atom. The lowest BCUT2D eigenvalue weighted by Gasteiger charge is -2.34. The summed E-state index contributed by atoms with van der Waals surface area (Å²) in [4.78, 5) is 17.5. The summed E-state index contributed by atoms with van der Waals surface area (Å²) in [5.74, 6) is -0.710. The molecule has 2 atom stereocenters. The van der Waals surface area contributed by atoms with Crippen molar-refractivity contribution in [3.8, 4) is 5.69 Å². The number of nitrogens with zero attached hydrogens (tertiary/aromatic N) is 4. The van der Waals surface area contributed by atoms with E-state index in [1.807, 2.05) is 20.8 Å². The van der Waals surface area contributed by atoms with Crippen molar-refractivity contribution in [3.63, 3.8) is 0 Å². The van der Waals surface area contributed by atoms with Gasteiger partial charge in [0.1, 0.15) is 5.82 Å². The fraction of sp³-hybridized carbons (Fsp3) is 0.320. The zero-order valence-corrected chi connectivity index (χ0v) is 21.3. The third-order valence-electron chi connectivity index (χ3n) is 5.81. The number of halogens is 1. The number of nitrogens with one attached hydrogen (secondary N) is 2. The number of hydrazine groups is 1. The number of benzene rings is 1. The molecule has 1 aliphatic rings. The first-order valence-corrected chi connectivity index (χ1v) is 13.6. The number of carbonyl (C=O) groups excluding carboxylic acids is 1. The van der Waals surface area contributed by atoms with E-state index < -0.39 is 21.3 Å². The number of hydrogen-bond donors (Lipinski definition) is 2. The van der Waals surface area contributed by atoms with E-state index >= 15 is 0 Å². The molecule has 0 aliphatic carbocycles. The summed E-state index contributed by atoms with van der Waals surface area (Å²) >= 11 is 0. The first-order chi connectivity index (χ1) is 17.1. The molecule has 0 bridgehead atoms. The first-order valence-electron chi connectivity index (χ1n) is 11.6. The van der Waals surface area contributed by atoms with Crippen LogP contribution in [-0.2, 0) is 9.84 Å². The van der Waals surface area contributed by atoms with E-state index in [9.17, 15) is 17.6 Å². The Bertz CT molecular complexity index is 1430. The zero-order chi connectivity index (χ0) is 26.0. The number of pyridine rings is 1. The van der Waals surface area contributed by atoms with E-state index in [1.165, 1.54) is 24.6 Å². The minimum absolute atomic E-state index is 0.0411. The van der Waals surface area contributed by atoms with Crippen LogP contribution in [0.4, 0.5) is 4.39 Å². The quantitative estimate of drug-likeness (QED) is 0.477. The molecule has 1 unspecified atom stereocenters. The lowest BCUT2D eigenvalue weighted by atomic mass is 10.0. The average molecular weight is 513 g/mol. The topological polar surface area (TPSA) is 109 Å². The van der Waals surface area contributed by atoms with Crippen LogP contribution in [0.2, 0.25) is 0 Å². The molecule has 3 aromatic rings. The van der Waals surface area contributed by atoms with Gasteiger partial charge in [0.15, 0.2) is 15.2 Å². The fourth-order valence-electron chi connectivity index (χ4n) is 4.10. The molecule has 3 heterocycles. The molecule has 4 rings (SSSR count). The highest BCUT2D eigenvalue weighted by Gasteiger charge is 2.29. The van der Waals surface area contributed by atoms with E-state index in [0.29, 0.717) is 34.1 Å². The molecular formula is C25H29FN6O3S. The largest absolute Gasteiger partial charge is 0.345 e. The molecule has 1 aliphatic heterocycles. The number of amides is 1. The van der Waals surface area contributed by atoms with Gasteiger partial charge < -0.3 is 5.32 Å². The smallest absolute Gasteiger partial charge is 0.254 e. The van der Waals surface area contributed by atoms with E-state index in [4.69, 9.17) is 0 Å². The molecule has 0 saturated carbocycles. The number of fused-ring (bicyclic) bond motifs is 1. The summed E-state index contributed by atoms with van der Waals surface area (Å²) in [6.07, 6.45) is 11.5. The van der Waals surface area contributed by atoms with E-state index in [-0.39, 0.29) is 17.8 Å². The van der Waals surface area contributed by atoms with Crippen molar-refractivity contribution in [2.24, 2.45) is 0 Å². The molecule has 11 heteroatoms. The molecule has 2 N–H and O–H groups in total. The predicted octanol–water partition coefficient (Wildman–Crippen LogP) is 3.11. The molecule has 1 amide bonds. The maximum absolute atomic E-state index is 13.3. The Labute approximate surface area is 209 Å². The number of hydrogen-bond acceptors (Lipinski definition) is 7. The van der Waals surface area contributed by atoms with Crippen molar-refractivity contribution in [1.29, 1.82) is 0 Å². The van der Waals surface area contributed by atoms with Crippen molar-refractivity contribution in [3.05, 3.63) is 78.2 Å². The van der Waals surface area contributed by atoms with E-state index in [0.717, 1.165) is 0 Å². The van der Waals surface area contributed by atoms with Gasteiger partial charge in [-0.3, -0.25) is 14.8 Å². The van der Waals surface area contributed by atoms with Crippen molar-refractivity contribution in [2.45, 2.75) is 44.6 Å². The Morgan fingerprint density at radius 1 is 1.17 bits per heavy atom. The lowest BCUT2D eigenvalue weighted by molar-refractivity contribution is 0.0943. The molecule has 2 aromatic heterocycles. The average Bonchev–Trinajstić information content (AvgIpc) is 3.26. The number of aromatic nitrogens is 3. The second-order valence-electron chi connectivity index (χ2n) is 8.98. The summed E-state index contributed by atoms with van der Waals surface area (Å²) in [7, 11) is -3.45. The maximum Gasteiger partial charge on any atom is 0.254 e. The van der Waals surface area contributed by atoms with Crippen LogP contribution < -0.4 is 10.7 Å². The predicted molar refractivity (Wildman–Crippen MR) is 136 cm³/mol. The van der Waals surface area contributed by atoms with Crippen LogP contribution in [0.5, 0.6) is 0 Å². The Hall–Kier alpha value is -3.57. The highest BCUT2D eigenvalue weighted by molar-refractivity contribution is 7.91. The lowest BCUT2D eigenvalue weighted by Crippen LogP contribution is -2.49. The Kier molecular flexibility index (Phi) is 7.23. The van der Waals surface area contributed by atoms with Crippen molar-refractivity contribution >= 4 is 26.6 Å². The Morgan fingerprint density at radius 2 is 1.89 bits per heavy atom. The highest BCUT2D eigenvalue weighted by atomic mass is 32.2. The summed E-state index contributed by atoms with van der Waals surface area (Å²) in [6, 6.07) is 5.50. The summed E-state index contributed by atoms with van der Waals surface area (Å²) in [6.45, 7) is 5.77. The van der Waals surface area contributed by atoms with Gasteiger partial charge in [0, 0.05) is 30.1 Å². The van der Waals surface area contributed by atoms with Crippen molar-refractivity contribution in [2.75, 3.05) is 6.26 Å². The van der Waals surface area contributed by atoms with E-state index in [2.05, 4.69) is 20.8 Å². The van der Waals surface area contributed by atoms with E-state index in [1.54, 1.807) is 52.6 Å². The van der Waals surface area contributed by atoms with Gasteiger partial charge in [-0.15, -0.1) is 0 Å². The van der Waals surface area contributed by atoms with Gasteiger partial charge >= 0.3 is 0 Å². The second-order valence-corrected chi connectivity index (χ2v) is 11.1. The second kappa shape index (κ2) is 10.2. The fourth-order valence-corrected chi connectivity index (χ4v) is 5.04. The summed E-state index contributed by atoms with van der Waals surface area (Å²) < 4.78 is 39.9. The van der Waals surface area contributed by atoms with Crippen LogP contribution in [0, 0.1) is 5.82 Å². The van der Waals surface area contributed by atoms with Crippen LogP contribution in [0.15, 0.2) is 66.8 Å². The number of rotatable bonds is 8. The van der Waals surface area contributed by atoms with Crippen LogP contribution in [0.1, 0.15) is 37.6 Å². The van der Waals surface area contributed by atoms with Gasteiger partial charge in [-0.2, -0.15) is 5.10 Å². The molecule has 9 nitrogen and oxygen atoms in total. The monoisotopic (exact) mass is 512 g/mol. The number of sulfone groups is 1. The Balaban J connectivity index is 1.61. The normalized spacial score (nSPS) is 16.9. The molecular weight excluding hydrogens is 483 g/mol. The van der Waals surface area contributed by atoms with Crippen LogP contribution in [-0.4, -0.2) is 57.8 Å².